The van der Waals surface area contributed by atoms with Crippen LogP contribution in [-0.4, -0.2) is 24.5 Å². The van der Waals surface area contributed by atoms with Crippen molar-refractivity contribution in [2.24, 2.45) is 0 Å². The third-order valence-electron chi connectivity index (χ3n) is 7.50. The molecule has 7 nitrogen and oxygen atoms in total. The summed E-state index contributed by atoms with van der Waals surface area (Å²) in [7, 11) is 0. The van der Waals surface area contributed by atoms with E-state index >= 15 is 0 Å². The van der Waals surface area contributed by atoms with Gasteiger partial charge in [-0.3, -0.25) is 0 Å². The Labute approximate surface area is 313 Å². The van der Waals surface area contributed by atoms with Crippen molar-refractivity contribution in [3.8, 4) is 51.5 Å². The van der Waals surface area contributed by atoms with Crippen LogP contribution < -0.4 is 9.47 Å². The molecule has 0 N–H and O–H groups in total. The molecular formula is C39H21F2N5O2PdPt. The van der Waals surface area contributed by atoms with Crippen LogP contribution in [0.1, 0.15) is 12.0 Å². The first-order chi connectivity index (χ1) is 23.6. The van der Waals surface area contributed by atoms with Gasteiger partial charge in [0.1, 0.15) is 0 Å². The monoisotopic (exact) mass is 930 g/mol. The number of benzene rings is 4. The molecule has 0 aliphatic heterocycles. The summed E-state index contributed by atoms with van der Waals surface area (Å²) < 4.78 is 40.9. The molecule has 4 aromatic carbocycles. The Hall–Kier alpha value is -5.13. The molecule has 0 saturated carbocycles. The molecule has 0 spiro atoms. The van der Waals surface area contributed by atoms with E-state index in [-0.39, 0.29) is 53.0 Å². The molecular weight excluding hydrogens is 910 g/mol. The standard InChI is InChI=1S/C39H21F2N5O2.Pd.Pt/c40-38(41)27-23-44-39(45-24-27)46-36-21-30(47-28-9-5-7-25(19-28)34-11-1-3-17-42-34)13-15-32(36)33-16-14-31(22-37(33)46)48-29-10-6-8-26(20-29)35-12-2-4-18-43-35;;/h1-18,23-24,38H;;/q-4;2*+2. The molecule has 0 saturated heterocycles. The van der Waals surface area contributed by atoms with Gasteiger partial charge in [0.15, 0.2) is 0 Å². The number of halogens is 2. The molecule has 0 fully saturated rings. The Morgan fingerprint density at radius 1 is 0.540 bits per heavy atom. The molecule has 4 aromatic heterocycles. The van der Waals surface area contributed by atoms with Gasteiger partial charge in [0.05, 0.1) is 5.56 Å². The minimum absolute atomic E-state index is 0. The first-order valence-electron chi connectivity index (χ1n) is 14.9. The van der Waals surface area contributed by atoms with E-state index in [2.05, 4.69) is 44.2 Å². The van der Waals surface area contributed by atoms with Crippen molar-refractivity contribution in [3.05, 3.63) is 152 Å². The molecule has 4 heterocycles. The van der Waals surface area contributed by atoms with Crippen LogP contribution in [-0.2, 0) is 41.5 Å². The van der Waals surface area contributed by atoms with Gasteiger partial charge in [0.2, 0.25) is 5.95 Å². The predicted octanol–water partition coefficient (Wildman–Crippen LogP) is 9.42. The Kier molecular flexibility index (Phi) is 10.5. The smallest absolute Gasteiger partial charge is 0.503 e. The van der Waals surface area contributed by atoms with Crippen molar-refractivity contribution >= 4 is 21.8 Å². The fraction of sp³-hybridized carbons (Fsp3) is 0.0256. The number of hydrogen-bond donors (Lipinski definition) is 0. The van der Waals surface area contributed by atoms with Crippen LogP contribution in [0.25, 0.3) is 50.3 Å². The van der Waals surface area contributed by atoms with E-state index < -0.39 is 6.43 Å². The fourth-order valence-electron chi connectivity index (χ4n) is 5.30. The second-order valence-electron chi connectivity index (χ2n) is 10.6. The van der Waals surface area contributed by atoms with Gasteiger partial charge in [-0.15, -0.1) is 71.8 Å². The zero-order chi connectivity index (χ0) is 32.5. The van der Waals surface area contributed by atoms with Gasteiger partial charge in [-0.1, -0.05) is 47.4 Å². The summed E-state index contributed by atoms with van der Waals surface area (Å²) in [5.41, 5.74) is 3.92. The van der Waals surface area contributed by atoms with E-state index in [1.807, 2.05) is 72.8 Å². The zero-order valence-corrected chi connectivity index (χ0v) is 29.4. The van der Waals surface area contributed by atoms with Crippen LogP contribution in [0.15, 0.2) is 122 Å². The summed E-state index contributed by atoms with van der Waals surface area (Å²) in [4.78, 5) is 17.4. The molecule has 0 aliphatic rings. The summed E-state index contributed by atoms with van der Waals surface area (Å²) >= 11 is 0. The number of rotatable bonds is 8. The first kappa shape index (κ1) is 34.7. The van der Waals surface area contributed by atoms with Crippen molar-refractivity contribution in [1.29, 1.82) is 0 Å². The van der Waals surface area contributed by atoms with Crippen LogP contribution in [0.4, 0.5) is 8.78 Å². The molecule has 50 heavy (non-hydrogen) atoms. The fourth-order valence-corrected chi connectivity index (χ4v) is 5.30. The summed E-state index contributed by atoms with van der Waals surface area (Å²) in [5, 5.41) is 1.60. The number of fused-ring (bicyclic) bond motifs is 3. The van der Waals surface area contributed by atoms with E-state index in [0.29, 0.717) is 34.0 Å². The van der Waals surface area contributed by atoms with Crippen molar-refractivity contribution in [2.45, 2.75) is 6.43 Å². The Morgan fingerprint density at radius 3 is 1.46 bits per heavy atom. The summed E-state index contributed by atoms with van der Waals surface area (Å²) in [6.45, 7) is 0. The minimum Gasteiger partial charge on any atom is -0.503 e. The number of alkyl halides is 2. The third kappa shape index (κ3) is 7.10. The number of nitrogens with zero attached hydrogens (tertiary/aromatic N) is 5. The Morgan fingerprint density at radius 2 is 1.02 bits per heavy atom. The number of aromatic nitrogens is 5. The van der Waals surface area contributed by atoms with Crippen molar-refractivity contribution in [2.75, 3.05) is 0 Å². The zero-order valence-electron chi connectivity index (χ0n) is 25.6. The van der Waals surface area contributed by atoms with Gasteiger partial charge in [0, 0.05) is 47.8 Å². The molecule has 248 valence electrons. The second kappa shape index (κ2) is 15.2. The molecule has 0 amide bonds. The third-order valence-corrected chi connectivity index (χ3v) is 7.50. The van der Waals surface area contributed by atoms with E-state index in [4.69, 9.17) is 9.47 Å². The molecule has 0 unspecified atom stereocenters. The van der Waals surface area contributed by atoms with Gasteiger partial charge in [0.25, 0.3) is 6.43 Å². The number of hydrogen-bond acceptors (Lipinski definition) is 6. The number of ether oxygens (including phenoxy) is 2. The summed E-state index contributed by atoms with van der Waals surface area (Å²) in [6, 6.07) is 43.0. The van der Waals surface area contributed by atoms with Gasteiger partial charge < -0.3 is 24.0 Å². The molecule has 11 heteroatoms. The van der Waals surface area contributed by atoms with Crippen LogP contribution in [0.2, 0.25) is 0 Å². The second-order valence-corrected chi connectivity index (χ2v) is 10.6. The molecule has 0 bridgehead atoms. The topological polar surface area (TPSA) is 75.0 Å². The maximum absolute atomic E-state index is 13.4. The van der Waals surface area contributed by atoms with E-state index in [1.54, 1.807) is 41.2 Å². The van der Waals surface area contributed by atoms with Crippen LogP contribution in [0.3, 0.4) is 0 Å². The van der Waals surface area contributed by atoms with Gasteiger partial charge in [-0.05, 0) is 23.5 Å². The maximum Gasteiger partial charge on any atom is 2.00 e. The predicted molar refractivity (Wildman–Crippen MR) is 176 cm³/mol. The first-order valence-corrected chi connectivity index (χ1v) is 14.9. The van der Waals surface area contributed by atoms with Crippen molar-refractivity contribution in [1.82, 2.24) is 24.5 Å². The summed E-state index contributed by atoms with van der Waals surface area (Å²) in [5.74, 6) is 1.92. The molecule has 8 rings (SSSR count). The summed E-state index contributed by atoms with van der Waals surface area (Å²) in [6.07, 6.45) is 2.96. The SMILES string of the molecule is FC(F)c1cnc(-n2c3[c-]c(Oc4[c-]c(-c5ccccn5)ccc4)ccc3c3ccc(Oc4[c-]c(-c5ccccn5)ccc4)[c-]c32)nc1.[Pd+2].[Pt+2]. The average molecular weight is 931 g/mol. The van der Waals surface area contributed by atoms with Crippen LogP contribution in [0, 0.1) is 24.3 Å². The molecule has 0 radical (unpaired) electrons. The van der Waals surface area contributed by atoms with Gasteiger partial charge in [-0.2, -0.15) is 22.9 Å². The Balaban J connectivity index is 0.00000216. The average Bonchev–Trinajstić information content (AvgIpc) is 3.45. The van der Waals surface area contributed by atoms with E-state index in [0.717, 1.165) is 45.7 Å². The molecule has 0 atom stereocenters. The van der Waals surface area contributed by atoms with Gasteiger partial charge in [-0.25, -0.2) is 18.7 Å². The molecule has 8 aromatic rings. The quantitative estimate of drug-likeness (QED) is 0.112. The normalized spacial score (nSPS) is 10.9. The van der Waals surface area contributed by atoms with Crippen LogP contribution >= 0.6 is 0 Å². The van der Waals surface area contributed by atoms with Gasteiger partial charge >= 0.3 is 41.5 Å². The van der Waals surface area contributed by atoms with Crippen LogP contribution in [0.5, 0.6) is 23.0 Å². The maximum atomic E-state index is 13.4. The minimum atomic E-state index is -2.70. The van der Waals surface area contributed by atoms with E-state index in [1.165, 1.54) is 0 Å². The Bertz CT molecular complexity index is 2250. The van der Waals surface area contributed by atoms with Crippen molar-refractivity contribution < 1.29 is 59.7 Å². The number of pyridine rings is 2. The molecule has 0 aliphatic carbocycles. The van der Waals surface area contributed by atoms with E-state index in [9.17, 15) is 8.78 Å². The largest absolute Gasteiger partial charge is 2.00 e. The van der Waals surface area contributed by atoms with Crippen molar-refractivity contribution in [3.63, 3.8) is 0 Å².